The number of nitrogens with one attached hydrogen (secondary N) is 2. The van der Waals surface area contributed by atoms with Gasteiger partial charge < -0.3 is 10.1 Å². The van der Waals surface area contributed by atoms with E-state index in [0.29, 0.717) is 44.4 Å². The highest BCUT2D eigenvalue weighted by Gasteiger charge is 2.29. The van der Waals surface area contributed by atoms with Crippen molar-refractivity contribution < 1.29 is 13.2 Å². The van der Waals surface area contributed by atoms with E-state index < -0.39 is 10.0 Å². The Morgan fingerprint density at radius 2 is 2.00 bits per heavy atom. The van der Waals surface area contributed by atoms with Crippen molar-refractivity contribution in [3.05, 3.63) is 0 Å². The molecule has 2 atom stereocenters. The van der Waals surface area contributed by atoms with E-state index in [2.05, 4.69) is 17.0 Å². The van der Waals surface area contributed by atoms with Crippen LogP contribution in [-0.4, -0.2) is 46.5 Å². The van der Waals surface area contributed by atoms with Gasteiger partial charge in [-0.05, 0) is 44.2 Å². The van der Waals surface area contributed by atoms with Crippen molar-refractivity contribution >= 4 is 10.0 Å². The smallest absolute Gasteiger partial charge is 0.214 e. The van der Waals surface area contributed by atoms with Crippen molar-refractivity contribution in [3.63, 3.8) is 0 Å². The molecule has 2 fully saturated rings. The lowest BCUT2D eigenvalue weighted by Gasteiger charge is -2.30. The van der Waals surface area contributed by atoms with E-state index in [4.69, 9.17) is 4.74 Å². The van der Waals surface area contributed by atoms with E-state index in [0.717, 1.165) is 19.5 Å². The van der Waals surface area contributed by atoms with Gasteiger partial charge in [0.15, 0.2) is 0 Å². The van der Waals surface area contributed by atoms with Gasteiger partial charge in [-0.25, -0.2) is 13.1 Å². The molecule has 2 aliphatic rings. The molecule has 2 rings (SSSR count). The molecule has 0 aromatic rings. The van der Waals surface area contributed by atoms with Crippen molar-refractivity contribution in [2.45, 2.75) is 31.4 Å². The molecule has 6 heteroatoms. The maximum Gasteiger partial charge on any atom is 0.214 e. The van der Waals surface area contributed by atoms with Crippen LogP contribution >= 0.6 is 0 Å². The van der Waals surface area contributed by atoms with Crippen LogP contribution in [0.3, 0.4) is 0 Å². The summed E-state index contributed by atoms with van der Waals surface area (Å²) in [6.45, 7) is 5.85. The van der Waals surface area contributed by atoms with Gasteiger partial charge in [0, 0.05) is 19.8 Å². The Hall–Kier alpha value is -0.170. The van der Waals surface area contributed by atoms with Gasteiger partial charge in [-0.2, -0.15) is 0 Å². The van der Waals surface area contributed by atoms with E-state index >= 15 is 0 Å². The Balaban J connectivity index is 1.84. The van der Waals surface area contributed by atoms with Crippen molar-refractivity contribution in [2.75, 3.05) is 32.8 Å². The summed E-state index contributed by atoms with van der Waals surface area (Å²) in [7, 11) is -3.16. The van der Waals surface area contributed by atoms with Gasteiger partial charge >= 0.3 is 0 Å². The highest BCUT2D eigenvalue weighted by Crippen LogP contribution is 2.19. The second-order valence-electron chi connectivity index (χ2n) is 5.44. The van der Waals surface area contributed by atoms with Crippen molar-refractivity contribution in [2.24, 2.45) is 11.8 Å². The van der Waals surface area contributed by atoms with Gasteiger partial charge in [0.25, 0.3) is 0 Å². The molecule has 0 saturated carbocycles. The largest absolute Gasteiger partial charge is 0.381 e. The van der Waals surface area contributed by atoms with Gasteiger partial charge in [-0.1, -0.05) is 6.92 Å². The summed E-state index contributed by atoms with van der Waals surface area (Å²) in [5, 5.41) is 3.06. The fourth-order valence-electron chi connectivity index (χ4n) is 2.65. The third kappa shape index (κ3) is 3.66. The Bertz CT molecular complexity index is 352. The maximum atomic E-state index is 12.1. The van der Waals surface area contributed by atoms with Crippen LogP contribution in [0, 0.1) is 11.8 Å². The second-order valence-corrected chi connectivity index (χ2v) is 7.48. The Morgan fingerprint density at radius 3 is 2.67 bits per heavy atom. The Morgan fingerprint density at radius 1 is 1.28 bits per heavy atom. The summed E-state index contributed by atoms with van der Waals surface area (Å²) in [6, 6.07) is 0. The number of hydrogen-bond acceptors (Lipinski definition) is 4. The van der Waals surface area contributed by atoms with Gasteiger partial charge in [-0.3, -0.25) is 0 Å². The second kappa shape index (κ2) is 6.32. The summed E-state index contributed by atoms with van der Waals surface area (Å²) in [5.41, 5.74) is 0. The number of ether oxygens (including phenoxy) is 1. The zero-order valence-corrected chi connectivity index (χ0v) is 11.8. The molecule has 2 saturated heterocycles. The van der Waals surface area contributed by atoms with E-state index in [1.807, 2.05) is 0 Å². The van der Waals surface area contributed by atoms with Crippen LogP contribution in [0.25, 0.3) is 0 Å². The topological polar surface area (TPSA) is 67.4 Å². The fraction of sp³-hybridized carbons (Fsp3) is 1.00. The van der Waals surface area contributed by atoms with E-state index in [1.54, 1.807) is 0 Å². The first-order valence-electron chi connectivity index (χ1n) is 6.86. The van der Waals surface area contributed by atoms with Crippen LogP contribution in [0.15, 0.2) is 0 Å². The van der Waals surface area contributed by atoms with Crippen molar-refractivity contribution in [1.29, 1.82) is 0 Å². The minimum atomic E-state index is -3.16. The maximum absolute atomic E-state index is 12.1. The molecular formula is C12H24N2O3S. The van der Waals surface area contributed by atoms with Crippen LogP contribution in [0.1, 0.15) is 26.2 Å². The molecule has 0 spiro atoms. The van der Waals surface area contributed by atoms with Gasteiger partial charge in [0.05, 0.1) is 5.25 Å². The first kappa shape index (κ1) is 14.2. The highest BCUT2D eigenvalue weighted by atomic mass is 32.2. The molecule has 0 amide bonds. The Labute approximate surface area is 110 Å². The molecule has 2 heterocycles. The number of sulfonamides is 1. The summed E-state index contributed by atoms with van der Waals surface area (Å²) >= 11 is 0. The highest BCUT2D eigenvalue weighted by molar-refractivity contribution is 7.90. The first-order valence-corrected chi connectivity index (χ1v) is 8.41. The summed E-state index contributed by atoms with van der Waals surface area (Å²) in [4.78, 5) is 0. The molecule has 0 aromatic heterocycles. The normalized spacial score (nSPS) is 31.4. The summed E-state index contributed by atoms with van der Waals surface area (Å²) < 4.78 is 32.3. The zero-order valence-electron chi connectivity index (χ0n) is 11.0. The molecule has 0 radical (unpaired) electrons. The predicted molar refractivity (Wildman–Crippen MR) is 70.9 cm³/mol. The van der Waals surface area contributed by atoms with E-state index in [1.165, 1.54) is 0 Å². The molecule has 18 heavy (non-hydrogen) atoms. The molecule has 2 aliphatic heterocycles. The summed E-state index contributed by atoms with van der Waals surface area (Å²) in [5.74, 6) is 0.997. The molecule has 2 unspecified atom stereocenters. The zero-order chi connectivity index (χ0) is 13.0. The molecule has 2 N–H and O–H groups in total. The van der Waals surface area contributed by atoms with E-state index in [-0.39, 0.29) is 5.25 Å². The van der Waals surface area contributed by atoms with Gasteiger partial charge in [0.1, 0.15) is 0 Å². The third-order valence-corrected chi connectivity index (χ3v) is 6.06. The molecule has 0 aromatic carbocycles. The first-order chi connectivity index (χ1) is 8.59. The SMILES string of the molecule is CC1CCNCC1CNS(=O)(=O)C1CCOCC1. The monoisotopic (exact) mass is 276 g/mol. The minimum Gasteiger partial charge on any atom is -0.381 e. The molecular weight excluding hydrogens is 252 g/mol. The predicted octanol–water partition coefficient (Wildman–Crippen LogP) is 0.330. The van der Waals surface area contributed by atoms with Crippen LogP contribution in [-0.2, 0) is 14.8 Å². The lowest BCUT2D eigenvalue weighted by atomic mass is 9.88. The number of piperidine rings is 1. The average molecular weight is 276 g/mol. The number of hydrogen-bond donors (Lipinski definition) is 2. The lowest BCUT2D eigenvalue weighted by molar-refractivity contribution is 0.0981. The third-order valence-electron chi connectivity index (χ3n) is 4.14. The van der Waals surface area contributed by atoms with Crippen molar-refractivity contribution in [3.8, 4) is 0 Å². The lowest BCUT2D eigenvalue weighted by Crippen LogP contribution is -2.45. The molecule has 0 bridgehead atoms. The molecule has 0 aliphatic carbocycles. The summed E-state index contributed by atoms with van der Waals surface area (Å²) in [6.07, 6.45) is 2.37. The van der Waals surface area contributed by atoms with E-state index in [9.17, 15) is 8.42 Å². The number of rotatable bonds is 4. The van der Waals surface area contributed by atoms with Crippen LogP contribution in [0.5, 0.6) is 0 Å². The minimum absolute atomic E-state index is 0.266. The quantitative estimate of drug-likeness (QED) is 0.776. The van der Waals surface area contributed by atoms with Gasteiger partial charge in [-0.15, -0.1) is 0 Å². The molecule has 5 nitrogen and oxygen atoms in total. The van der Waals surface area contributed by atoms with Gasteiger partial charge in [0.2, 0.25) is 10.0 Å². The standard InChI is InChI=1S/C12H24N2O3S/c1-10-2-5-13-8-11(10)9-14-18(15,16)12-3-6-17-7-4-12/h10-14H,2-9H2,1H3. The molecule has 106 valence electrons. The van der Waals surface area contributed by atoms with Crippen LogP contribution in [0.4, 0.5) is 0 Å². The van der Waals surface area contributed by atoms with Crippen molar-refractivity contribution in [1.82, 2.24) is 10.0 Å². The fourth-order valence-corrected chi connectivity index (χ4v) is 4.15. The Kier molecular flexibility index (Phi) is 5.00. The average Bonchev–Trinajstić information content (AvgIpc) is 2.39. The van der Waals surface area contributed by atoms with Crippen LogP contribution < -0.4 is 10.0 Å². The van der Waals surface area contributed by atoms with Crippen LogP contribution in [0.2, 0.25) is 0 Å².